The second-order valence-electron chi connectivity index (χ2n) is 5.89. The van der Waals surface area contributed by atoms with Crippen molar-refractivity contribution in [1.29, 1.82) is 0 Å². The van der Waals surface area contributed by atoms with Gasteiger partial charge in [0.05, 0.1) is 17.3 Å². The van der Waals surface area contributed by atoms with E-state index in [1.165, 1.54) is 0 Å². The molecular formula is C15H24O3S. The second kappa shape index (κ2) is 6.42. The molecule has 0 amide bonds. The SMILES string of the molecule is CCS(=O)(=O)c1ccc(OCCCC(C)(C)C)cc1. The first-order chi connectivity index (χ1) is 8.74. The zero-order chi connectivity index (χ0) is 14.5. The summed E-state index contributed by atoms with van der Waals surface area (Å²) in [5.74, 6) is 0.850. The third kappa shape index (κ3) is 5.64. The zero-order valence-electron chi connectivity index (χ0n) is 12.3. The molecule has 0 saturated carbocycles. The van der Waals surface area contributed by atoms with Gasteiger partial charge in [0.25, 0.3) is 0 Å². The van der Waals surface area contributed by atoms with Gasteiger partial charge in [-0.2, -0.15) is 0 Å². The van der Waals surface area contributed by atoms with Gasteiger partial charge in [-0.15, -0.1) is 0 Å². The lowest BCUT2D eigenvalue weighted by Gasteiger charge is -2.17. The lowest BCUT2D eigenvalue weighted by Crippen LogP contribution is -2.08. The monoisotopic (exact) mass is 284 g/mol. The molecule has 0 unspecified atom stereocenters. The second-order valence-corrected chi connectivity index (χ2v) is 8.17. The molecule has 0 aliphatic carbocycles. The molecule has 0 aliphatic rings. The minimum atomic E-state index is -3.12. The highest BCUT2D eigenvalue weighted by Gasteiger charge is 2.11. The largest absolute Gasteiger partial charge is 0.494 e. The molecular weight excluding hydrogens is 260 g/mol. The molecule has 0 fully saturated rings. The molecule has 0 saturated heterocycles. The summed E-state index contributed by atoms with van der Waals surface area (Å²) in [4.78, 5) is 0.358. The van der Waals surface area contributed by atoms with Crippen LogP contribution in [0.25, 0.3) is 0 Å². The maximum absolute atomic E-state index is 11.6. The maximum atomic E-state index is 11.6. The normalized spacial score (nSPS) is 12.4. The van der Waals surface area contributed by atoms with Crippen LogP contribution in [0.15, 0.2) is 29.2 Å². The zero-order valence-corrected chi connectivity index (χ0v) is 13.1. The van der Waals surface area contributed by atoms with Crippen molar-refractivity contribution >= 4 is 9.84 Å². The van der Waals surface area contributed by atoms with Gasteiger partial charge in [-0.1, -0.05) is 27.7 Å². The van der Waals surface area contributed by atoms with E-state index in [2.05, 4.69) is 20.8 Å². The molecule has 0 heterocycles. The van der Waals surface area contributed by atoms with Crippen LogP contribution in [0.2, 0.25) is 0 Å². The summed E-state index contributed by atoms with van der Waals surface area (Å²) < 4.78 is 28.9. The summed E-state index contributed by atoms with van der Waals surface area (Å²) in [6, 6.07) is 6.66. The number of benzene rings is 1. The predicted octanol–water partition coefficient (Wildman–Crippen LogP) is 3.69. The number of sulfone groups is 1. The average Bonchev–Trinajstić information content (AvgIpc) is 2.34. The molecule has 0 aromatic heterocycles. The minimum Gasteiger partial charge on any atom is -0.494 e. The lowest BCUT2D eigenvalue weighted by atomic mass is 9.91. The molecule has 4 heteroatoms. The fraction of sp³-hybridized carbons (Fsp3) is 0.600. The van der Waals surface area contributed by atoms with Gasteiger partial charge < -0.3 is 4.74 Å². The lowest BCUT2D eigenvalue weighted by molar-refractivity contribution is 0.269. The van der Waals surface area contributed by atoms with Crippen LogP contribution in [0.3, 0.4) is 0 Å². The first-order valence-electron chi connectivity index (χ1n) is 6.70. The highest BCUT2D eigenvalue weighted by molar-refractivity contribution is 7.91. The summed E-state index contributed by atoms with van der Waals surface area (Å²) in [6.45, 7) is 8.93. The van der Waals surface area contributed by atoms with Gasteiger partial charge in [-0.3, -0.25) is 0 Å². The highest BCUT2D eigenvalue weighted by Crippen LogP contribution is 2.21. The van der Waals surface area contributed by atoms with Gasteiger partial charge in [0.1, 0.15) is 5.75 Å². The van der Waals surface area contributed by atoms with Crippen molar-refractivity contribution in [2.24, 2.45) is 5.41 Å². The van der Waals surface area contributed by atoms with Crippen molar-refractivity contribution < 1.29 is 13.2 Å². The Hall–Kier alpha value is -1.03. The molecule has 3 nitrogen and oxygen atoms in total. The summed E-state index contributed by atoms with van der Waals surface area (Å²) in [5, 5.41) is 0. The van der Waals surface area contributed by atoms with Crippen LogP contribution < -0.4 is 4.74 Å². The van der Waals surface area contributed by atoms with Crippen LogP contribution in [0.1, 0.15) is 40.5 Å². The maximum Gasteiger partial charge on any atom is 0.178 e. The van der Waals surface area contributed by atoms with E-state index in [-0.39, 0.29) is 5.75 Å². The van der Waals surface area contributed by atoms with Gasteiger partial charge in [-0.25, -0.2) is 8.42 Å². The van der Waals surface area contributed by atoms with Crippen molar-refractivity contribution in [3.05, 3.63) is 24.3 Å². The molecule has 0 bridgehead atoms. The van der Waals surface area contributed by atoms with E-state index in [1.54, 1.807) is 31.2 Å². The van der Waals surface area contributed by atoms with E-state index in [0.717, 1.165) is 18.6 Å². The van der Waals surface area contributed by atoms with Gasteiger partial charge in [-0.05, 0) is 42.5 Å². The first-order valence-corrected chi connectivity index (χ1v) is 8.35. The van der Waals surface area contributed by atoms with E-state index >= 15 is 0 Å². The van der Waals surface area contributed by atoms with Gasteiger partial charge in [0.2, 0.25) is 0 Å². The molecule has 1 aromatic rings. The molecule has 1 aromatic carbocycles. The van der Waals surface area contributed by atoms with Crippen LogP contribution >= 0.6 is 0 Å². The van der Waals surface area contributed by atoms with Crippen molar-refractivity contribution in [2.45, 2.75) is 45.4 Å². The summed E-state index contributed by atoms with van der Waals surface area (Å²) in [6.07, 6.45) is 2.10. The minimum absolute atomic E-state index is 0.124. The van der Waals surface area contributed by atoms with Gasteiger partial charge in [0, 0.05) is 0 Å². The molecule has 19 heavy (non-hydrogen) atoms. The molecule has 0 N–H and O–H groups in total. The Bertz CT molecular complexity index is 481. The molecule has 1 rings (SSSR count). The fourth-order valence-electron chi connectivity index (χ4n) is 1.70. The third-order valence-corrected chi connectivity index (χ3v) is 4.65. The fourth-order valence-corrected chi connectivity index (χ4v) is 2.59. The Morgan fingerprint density at radius 3 is 2.16 bits per heavy atom. The van der Waals surface area contributed by atoms with Gasteiger partial charge in [0.15, 0.2) is 9.84 Å². The van der Waals surface area contributed by atoms with E-state index < -0.39 is 9.84 Å². The van der Waals surface area contributed by atoms with Crippen LogP contribution in [-0.4, -0.2) is 20.8 Å². The molecule has 108 valence electrons. The predicted molar refractivity (Wildman–Crippen MR) is 78.4 cm³/mol. The standard InChI is InChI=1S/C15H24O3S/c1-5-19(16,17)14-9-7-13(8-10-14)18-12-6-11-15(2,3)4/h7-10H,5-6,11-12H2,1-4H3. The number of hydrogen-bond donors (Lipinski definition) is 0. The topological polar surface area (TPSA) is 43.4 Å². The highest BCUT2D eigenvalue weighted by atomic mass is 32.2. The number of hydrogen-bond acceptors (Lipinski definition) is 3. The summed E-state index contributed by atoms with van der Waals surface area (Å²) in [7, 11) is -3.12. The van der Waals surface area contributed by atoms with E-state index in [4.69, 9.17) is 4.74 Å². The molecule has 0 aliphatic heterocycles. The average molecular weight is 284 g/mol. The number of rotatable bonds is 6. The molecule has 0 spiro atoms. The first kappa shape index (κ1) is 16.0. The van der Waals surface area contributed by atoms with E-state index in [9.17, 15) is 8.42 Å². The quantitative estimate of drug-likeness (QED) is 0.748. The third-order valence-electron chi connectivity index (χ3n) is 2.90. The molecule has 0 radical (unpaired) electrons. The van der Waals surface area contributed by atoms with Gasteiger partial charge >= 0.3 is 0 Å². The van der Waals surface area contributed by atoms with Crippen LogP contribution in [0.4, 0.5) is 0 Å². The van der Waals surface area contributed by atoms with E-state index in [0.29, 0.717) is 16.9 Å². The Morgan fingerprint density at radius 1 is 1.11 bits per heavy atom. The Morgan fingerprint density at radius 2 is 1.68 bits per heavy atom. The van der Waals surface area contributed by atoms with Crippen molar-refractivity contribution in [2.75, 3.05) is 12.4 Å². The van der Waals surface area contributed by atoms with Crippen LogP contribution in [-0.2, 0) is 9.84 Å². The van der Waals surface area contributed by atoms with Crippen molar-refractivity contribution in [1.82, 2.24) is 0 Å². The smallest absolute Gasteiger partial charge is 0.178 e. The van der Waals surface area contributed by atoms with Crippen molar-refractivity contribution in [3.63, 3.8) is 0 Å². The number of ether oxygens (including phenoxy) is 1. The molecule has 0 atom stereocenters. The van der Waals surface area contributed by atoms with Crippen LogP contribution in [0, 0.1) is 5.41 Å². The Labute approximate surface area is 116 Å². The van der Waals surface area contributed by atoms with Crippen molar-refractivity contribution in [3.8, 4) is 5.75 Å². The Balaban J connectivity index is 2.50. The van der Waals surface area contributed by atoms with E-state index in [1.807, 2.05) is 0 Å². The Kier molecular flexibility index (Phi) is 5.41. The summed E-state index contributed by atoms with van der Waals surface area (Å²) >= 11 is 0. The summed E-state index contributed by atoms with van der Waals surface area (Å²) in [5.41, 5.74) is 0.322. The van der Waals surface area contributed by atoms with Crippen LogP contribution in [0.5, 0.6) is 5.75 Å².